The fourth-order valence-corrected chi connectivity index (χ4v) is 2.71. The number of carbonyl (C=O) groups excluding carboxylic acids is 2. The molecule has 1 fully saturated rings. The van der Waals surface area contributed by atoms with Crippen LogP contribution in [-0.2, 0) is 4.79 Å². The number of nitrogens with one attached hydrogen (secondary N) is 1. The van der Waals surface area contributed by atoms with Gasteiger partial charge in [-0.1, -0.05) is 0 Å². The van der Waals surface area contributed by atoms with Crippen LogP contribution in [0.1, 0.15) is 30.3 Å². The third-order valence-electron chi connectivity index (χ3n) is 3.28. The van der Waals surface area contributed by atoms with Crippen LogP contribution in [0.15, 0.2) is 5.38 Å². The van der Waals surface area contributed by atoms with Crippen molar-refractivity contribution in [1.29, 1.82) is 0 Å². The average molecular weight is 282 g/mol. The highest BCUT2D eigenvalue weighted by Crippen LogP contribution is 2.19. The van der Waals surface area contributed by atoms with Crippen LogP contribution < -0.4 is 11.1 Å². The first-order chi connectivity index (χ1) is 9.06. The van der Waals surface area contributed by atoms with Crippen LogP contribution in [0.2, 0.25) is 0 Å². The molecular weight excluding hydrogens is 264 g/mol. The van der Waals surface area contributed by atoms with E-state index >= 15 is 0 Å². The second-order valence-corrected chi connectivity index (χ2v) is 5.63. The van der Waals surface area contributed by atoms with Crippen molar-refractivity contribution in [3.63, 3.8) is 0 Å². The highest BCUT2D eigenvalue weighted by atomic mass is 32.1. The standard InChI is InChI=1S/C12H18N4O2S/c1-8(17)14-6-9-2-4-16(5-3-9)11(18)10-7-19-12(13)15-10/h7,9H,2-6H2,1H3,(H2,13,15)(H,14,17). The Morgan fingerprint density at radius 1 is 1.53 bits per heavy atom. The Balaban J connectivity index is 1.83. The number of nitrogen functional groups attached to an aromatic ring is 1. The number of rotatable bonds is 3. The Morgan fingerprint density at radius 3 is 2.74 bits per heavy atom. The SMILES string of the molecule is CC(=O)NCC1CCN(C(=O)c2csc(N)n2)CC1. The van der Waals surface area contributed by atoms with Crippen molar-refractivity contribution in [2.45, 2.75) is 19.8 Å². The molecule has 0 aliphatic carbocycles. The molecule has 0 spiro atoms. The lowest BCUT2D eigenvalue weighted by atomic mass is 9.96. The van der Waals surface area contributed by atoms with Crippen molar-refractivity contribution in [2.24, 2.45) is 5.92 Å². The molecule has 0 saturated carbocycles. The first kappa shape index (κ1) is 13.8. The van der Waals surface area contributed by atoms with Gasteiger partial charge in [-0.15, -0.1) is 11.3 Å². The molecule has 0 atom stereocenters. The molecule has 104 valence electrons. The van der Waals surface area contributed by atoms with E-state index in [2.05, 4.69) is 10.3 Å². The maximum atomic E-state index is 12.1. The van der Waals surface area contributed by atoms with Gasteiger partial charge in [-0.25, -0.2) is 4.98 Å². The van der Waals surface area contributed by atoms with E-state index in [-0.39, 0.29) is 11.8 Å². The number of thiazole rings is 1. The van der Waals surface area contributed by atoms with E-state index in [0.717, 1.165) is 12.8 Å². The van der Waals surface area contributed by atoms with Crippen molar-refractivity contribution in [3.8, 4) is 0 Å². The summed E-state index contributed by atoms with van der Waals surface area (Å²) in [6, 6.07) is 0. The predicted molar refractivity (Wildman–Crippen MR) is 73.8 cm³/mol. The van der Waals surface area contributed by atoms with Gasteiger partial charge in [0, 0.05) is 31.9 Å². The van der Waals surface area contributed by atoms with E-state index in [1.54, 1.807) is 10.3 Å². The number of likely N-dealkylation sites (tertiary alicyclic amines) is 1. The van der Waals surface area contributed by atoms with Crippen LogP contribution in [0.25, 0.3) is 0 Å². The Morgan fingerprint density at radius 2 is 2.21 bits per heavy atom. The van der Waals surface area contributed by atoms with Gasteiger partial charge in [-0.2, -0.15) is 0 Å². The van der Waals surface area contributed by atoms with Crippen LogP contribution in [0.5, 0.6) is 0 Å². The molecule has 3 N–H and O–H groups in total. The number of nitrogens with zero attached hydrogens (tertiary/aromatic N) is 2. The zero-order valence-electron chi connectivity index (χ0n) is 10.9. The lowest BCUT2D eigenvalue weighted by Crippen LogP contribution is -2.41. The van der Waals surface area contributed by atoms with Crippen molar-refractivity contribution in [3.05, 3.63) is 11.1 Å². The summed E-state index contributed by atoms with van der Waals surface area (Å²) in [5.41, 5.74) is 5.97. The summed E-state index contributed by atoms with van der Waals surface area (Å²) in [5, 5.41) is 4.94. The minimum absolute atomic E-state index is 0.00328. The Kier molecular flexibility index (Phi) is 4.36. The quantitative estimate of drug-likeness (QED) is 0.854. The maximum Gasteiger partial charge on any atom is 0.273 e. The first-order valence-corrected chi connectivity index (χ1v) is 7.19. The zero-order valence-corrected chi connectivity index (χ0v) is 11.7. The van der Waals surface area contributed by atoms with Gasteiger partial charge in [0.25, 0.3) is 5.91 Å². The maximum absolute atomic E-state index is 12.1. The van der Waals surface area contributed by atoms with Gasteiger partial charge in [-0.3, -0.25) is 9.59 Å². The fraction of sp³-hybridized carbons (Fsp3) is 0.583. The summed E-state index contributed by atoms with van der Waals surface area (Å²) in [4.78, 5) is 28.8. The van der Waals surface area contributed by atoms with E-state index in [1.807, 2.05) is 0 Å². The van der Waals surface area contributed by atoms with Gasteiger partial charge in [0.15, 0.2) is 5.13 Å². The van der Waals surface area contributed by atoms with Crippen molar-refractivity contribution in [2.75, 3.05) is 25.4 Å². The number of nitrogens with two attached hydrogens (primary N) is 1. The molecular formula is C12H18N4O2S. The average Bonchev–Trinajstić information content (AvgIpc) is 2.83. The summed E-state index contributed by atoms with van der Waals surface area (Å²) < 4.78 is 0. The van der Waals surface area contributed by atoms with Crippen LogP contribution in [0.4, 0.5) is 5.13 Å². The topological polar surface area (TPSA) is 88.3 Å². The third-order valence-corrected chi connectivity index (χ3v) is 3.96. The van der Waals surface area contributed by atoms with Gasteiger partial charge >= 0.3 is 0 Å². The molecule has 1 aliphatic heterocycles. The Hall–Kier alpha value is -1.63. The van der Waals surface area contributed by atoms with Crippen LogP contribution in [0.3, 0.4) is 0 Å². The van der Waals surface area contributed by atoms with Gasteiger partial charge in [0.2, 0.25) is 5.91 Å². The Labute approximate surface area is 116 Å². The number of hydrogen-bond acceptors (Lipinski definition) is 5. The summed E-state index contributed by atoms with van der Waals surface area (Å²) in [6.45, 7) is 3.63. The monoisotopic (exact) mass is 282 g/mol. The van der Waals surface area contributed by atoms with Gasteiger partial charge in [0.1, 0.15) is 5.69 Å². The van der Waals surface area contributed by atoms with E-state index in [0.29, 0.717) is 36.4 Å². The lowest BCUT2D eigenvalue weighted by molar-refractivity contribution is -0.119. The van der Waals surface area contributed by atoms with E-state index < -0.39 is 0 Å². The van der Waals surface area contributed by atoms with E-state index in [1.165, 1.54) is 18.3 Å². The molecule has 7 heteroatoms. The van der Waals surface area contributed by atoms with Crippen molar-refractivity contribution in [1.82, 2.24) is 15.2 Å². The summed E-state index contributed by atoms with van der Waals surface area (Å²) in [5.74, 6) is 0.399. The fourth-order valence-electron chi connectivity index (χ4n) is 2.18. The van der Waals surface area contributed by atoms with Gasteiger partial charge in [0.05, 0.1) is 0 Å². The second kappa shape index (κ2) is 6.01. The third kappa shape index (κ3) is 3.66. The van der Waals surface area contributed by atoms with Crippen LogP contribution in [0, 0.1) is 5.92 Å². The molecule has 19 heavy (non-hydrogen) atoms. The molecule has 1 saturated heterocycles. The summed E-state index contributed by atoms with van der Waals surface area (Å²) in [6.07, 6.45) is 1.82. The minimum Gasteiger partial charge on any atom is -0.375 e. The smallest absolute Gasteiger partial charge is 0.273 e. The highest BCUT2D eigenvalue weighted by Gasteiger charge is 2.24. The molecule has 2 heterocycles. The largest absolute Gasteiger partial charge is 0.375 e. The molecule has 0 unspecified atom stereocenters. The predicted octanol–water partition coefficient (Wildman–Crippen LogP) is 0.714. The number of anilines is 1. The lowest BCUT2D eigenvalue weighted by Gasteiger charge is -2.31. The number of hydrogen-bond donors (Lipinski definition) is 2. The number of carbonyl (C=O) groups is 2. The zero-order chi connectivity index (χ0) is 13.8. The highest BCUT2D eigenvalue weighted by molar-refractivity contribution is 7.13. The molecule has 6 nitrogen and oxygen atoms in total. The molecule has 2 amide bonds. The molecule has 1 aromatic heterocycles. The normalized spacial score (nSPS) is 16.4. The van der Waals surface area contributed by atoms with Crippen LogP contribution >= 0.6 is 11.3 Å². The molecule has 2 rings (SSSR count). The number of amides is 2. The molecule has 1 aliphatic rings. The molecule has 0 aromatic carbocycles. The molecule has 0 radical (unpaired) electrons. The first-order valence-electron chi connectivity index (χ1n) is 6.31. The molecule has 1 aromatic rings. The van der Waals surface area contributed by atoms with Gasteiger partial charge < -0.3 is 16.0 Å². The molecule has 0 bridgehead atoms. The van der Waals surface area contributed by atoms with E-state index in [4.69, 9.17) is 5.73 Å². The van der Waals surface area contributed by atoms with E-state index in [9.17, 15) is 9.59 Å². The summed E-state index contributed by atoms with van der Waals surface area (Å²) >= 11 is 1.28. The van der Waals surface area contributed by atoms with Gasteiger partial charge in [-0.05, 0) is 18.8 Å². The number of piperidine rings is 1. The van der Waals surface area contributed by atoms with Crippen molar-refractivity contribution < 1.29 is 9.59 Å². The number of aromatic nitrogens is 1. The Bertz CT molecular complexity index is 466. The minimum atomic E-state index is -0.0501. The van der Waals surface area contributed by atoms with Crippen molar-refractivity contribution >= 4 is 28.3 Å². The summed E-state index contributed by atoms with van der Waals surface area (Å²) in [7, 11) is 0. The second-order valence-electron chi connectivity index (χ2n) is 4.74. The van der Waals surface area contributed by atoms with Crippen LogP contribution in [-0.4, -0.2) is 41.3 Å².